The van der Waals surface area contributed by atoms with Crippen molar-refractivity contribution in [3.05, 3.63) is 135 Å². The Morgan fingerprint density at radius 3 is 1.36 bits per heavy atom. The van der Waals surface area contributed by atoms with Gasteiger partial charge in [0.2, 0.25) is 0 Å². The zero-order chi connectivity index (χ0) is 26.6. The van der Waals surface area contributed by atoms with E-state index in [9.17, 15) is 0 Å². The Balaban J connectivity index is 0.00000154. The summed E-state index contributed by atoms with van der Waals surface area (Å²) in [5.74, 6) is 2.92. The first-order chi connectivity index (χ1) is 18.3. The van der Waals surface area contributed by atoms with Gasteiger partial charge in [-0.25, -0.2) is 0 Å². The molecule has 5 unspecified atom stereocenters. The van der Waals surface area contributed by atoms with E-state index in [-0.39, 0.29) is 64.4 Å². The Labute approximate surface area is 288 Å². The van der Waals surface area contributed by atoms with Gasteiger partial charge in [-0.1, -0.05) is 131 Å². The molecular formula is C38H43Cl3Ti. The SMILES string of the molecule is Cc1cc(C)cc(C(c2cc(C)cc(C)c2)(c2cc(C)cc(C)c2)C2C3C=CC=CC3C3CCC[CH-]C32)c1.[Cl-].[Cl-].[Cl-].[Ti+4]. The van der Waals surface area contributed by atoms with Crippen LogP contribution >= 0.6 is 0 Å². The third kappa shape index (κ3) is 6.41. The molecule has 2 fully saturated rings. The number of allylic oxidation sites excluding steroid dienone is 4. The van der Waals surface area contributed by atoms with Gasteiger partial charge in [-0.05, 0) is 76.0 Å². The summed E-state index contributed by atoms with van der Waals surface area (Å²) < 4.78 is 0. The van der Waals surface area contributed by atoms with Crippen molar-refractivity contribution < 1.29 is 58.9 Å². The third-order valence-electron chi connectivity index (χ3n) is 9.75. The number of rotatable bonds is 4. The molecule has 0 heterocycles. The van der Waals surface area contributed by atoms with Crippen molar-refractivity contribution in [1.29, 1.82) is 0 Å². The molecule has 0 aromatic heterocycles. The molecular weight excluding hydrogens is 611 g/mol. The molecule has 0 saturated heterocycles. The molecule has 3 aromatic carbocycles. The zero-order valence-electron chi connectivity index (χ0n) is 25.7. The first-order valence-electron chi connectivity index (χ1n) is 14.7. The molecule has 2 saturated carbocycles. The zero-order valence-corrected chi connectivity index (χ0v) is 29.6. The van der Waals surface area contributed by atoms with Gasteiger partial charge in [0.05, 0.1) is 0 Å². The molecule has 3 aromatic rings. The van der Waals surface area contributed by atoms with E-state index < -0.39 is 0 Å². The van der Waals surface area contributed by atoms with Crippen LogP contribution in [-0.2, 0) is 27.1 Å². The van der Waals surface area contributed by atoms with Gasteiger partial charge >= 0.3 is 21.7 Å². The molecule has 0 N–H and O–H groups in total. The van der Waals surface area contributed by atoms with Gasteiger partial charge in [0.15, 0.2) is 0 Å². The summed E-state index contributed by atoms with van der Waals surface area (Å²) in [6.45, 7) is 13.7. The average molecular weight is 654 g/mol. The van der Waals surface area contributed by atoms with Crippen molar-refractivity contribution in [2.45, 2.75) is 66.2 Å². The molecule has 0 aliphatic heterocycles. The monoisotopic (exact) mass is 652 g/mol. The molecule has 220 valence electrons. The Kier molecular flexibility index (Phi) is 12.9. The quantitative estimate of drug-likeness (QED) is 0.219. The fourth-order valence-corrected chi connectivity index (χ4v) is 8.84. The van der Waals surface area contributed by atoms with Gasteiger partial charge in [-0.15, -0.1) is 0 Å². The Morgan fingerprint density at radius 2 is 0.952 bits per heavy atom. The number of hydrogen-bond donors (Lipinski definition) is 0. The largest absolute Gasteiger partial charge is 4.00 e. The third-order valence-corrected chi connectivity index (χ3v) is 9.75. The van der Waals surface area contributed by atoms with E-state index in [0.29, 0.717) is 23.7 Å². The summed E-state index contributed by atoms with van der Waals surface area (Å²) in [5.41, 5.74) is 12.3. The van der Waals surface area contributed by atoms with Crippen molar-refractivity contribution in [3.63, 3.8) is 0 Å². The Morgan fingerprint density at radius 1 is 0.571 bits per heavy atom. The van der Waals surface area contributed by atoms with Crippen LogP contribution in [0.5, 0.6) is 0 Å². The summed E-state index contributed by atoms with van der Waals surface area (Å²) in [6.07, 6.45) is 16.4. The van der Waals surface area contributed by atoms with E-state index >= 15 is 0 Å². The second kappa shape index (κ2) is 14.7. The molecule has 3 aliphatic rings. The van der Waals surface area contributed by atoms with Crippen molar-refractivity contribution in [2.75, 3.05) is 0 Å². The van der Waals surface area contributed by atoms with E-state index in [1.54, 1.807) is 0 Å². The maximum absolute atomic E-state index is 2.74. The van der Waals surface area contributed by atoms with Crippen LogP contribution in [0.25, 0.3) is 0 Å². The van der Waals surface area contributed by atoms with Gasteiger partial charge < -0.3 is 43.6 Å². The fraction of sp³-hybridized carbons (Fsp3) is 0.395. The molecule has 42 heavy (non-hydrogen) atoms. The minimum Gasteiger partial charge on any atom is -1.00 e. The molecule has 3 aliphatic carbocycles. The first kappa shape index (κ1) is 36.9. The predicted octanol–water partition coefficient (Wildman–Crippen LogP) is 0.490. The molecule has 0 bridgehead atoms. The van der Waals surface area contributed by atoms with E-state index in [1.807, 2.05) is 0 Å². The molecule has 0 nitrogen and oxygen atoms in total. The molecule has 4 heteroatoms. The van der Waals surface area contributed by atoms with Crippen LogP contribution in [0.15, 0.2) is 78.9 Å². The fourth-order valence-electron chi connectivity index (χ4n) is 8.84. The summed E-state index contributed by atoms with van der Waals surface area (Å²) >= 11 is 0. The minimum atomic E-state index is -0.240. The molecule has 6 rings (SSSR count). The van der Waals surface area contributed by atoms with Gasteiger partial charge in [0.25, 0.3) is 0 Å². The van der Waals surface area contributed by atoms with E-state index in [0.717, 1.165) is 5.92 Å². The second-order valence-corrected chi connectivity index (χ2v) is 12.8. The van der Waals surface area contributed by atoms with Crippen LogP contribution < -0.4 is 37.2 Å². The topological polar surface area (TPSA) is 0 Å². The molecule has 5 atom stereocenters. The number of halogens is 3. The summed E-state index contributed by atoms with van der Waals surface area (Å²) in [7, 11) is 0. The van der Waals surface area contributed by atoms with Crippen LogP contribution in [0.2, 0.25) is 0 Å². The molecule has 0 amide bonds. The van der Waals surface area contributed by atoms with Crippen LogP contribution in [-0.4, -0.2) is 0 Å². The summed E-state index contributed by atoms with van der Waals surface area (Å²) in [5, 5.41) is 0. The van der Waals surface area contributed by atoms with Gasteiger partial charge in [0, 0.05) is 5.41 Å². The van der Waals surface area contributed by atoms with Gasteiger partial charge in [-0.3, -0.25) is 0 Å². The number of fused-ring (bicyclic) bond motifs is 3. The van der Waals surface area contributed by atoms with Crippen LogP contribution in [0.3, 0.4) is 0 Å². The van der Waals surface area contributed by atoms with Crippen molar-refractivity contribution >= 4 is 0 Å². The average Bonchev–Trinajstić information content (AvgIpc) is 3.18. The van der Waals surface area contributed by atoms with Crippen LogP contribution in [0, 0.1) is 77.6 Å². The molecule has 0 spiro atoms. The second-order valence-electron chi connectivity index (χ2n) is 12.8. The van der Waals surface area contributed by atoms with Crippen LogP contribution in [0.4, 0.5) is 0 Å². The van der Waals surface area contributed by atoms with Crippen molar-refractivity contribution in [3.8, 4) is 0 Å². The standard InChI is InChI=1S/C38H43.3ClH.Ti/c1-24-15-25(2)19-30(18-24)38(31-20-26(3)16-27(4)21-31,32-22-28(5)17-29(6)23-32)37-35-13-9-7-11-33(35)34-12-8-10-14-36(34)37;;;;/h7,9,11,13-23,33-37H,8,10,12H2,1-6H3;3*1H;/q-1;;;;+4/p-3. The number of benzene rings is 3. The van der Waals surface area contributed by atoms with E-state index in [1.165, 1.54) is 69.3 Å². The molecule has 0 radical (unpaired) electrons. The normalized spacial score (nSPS) is 23.8. The predicted molar refractivity (Wildman–Crippen MR) is 162 cm³/mol. The van der Waals surface area contributed by atoms with Crippen LogP contribution in [0.1, 0.15) is 69.3 Å². The Hall–Kier alpha value is -1.28. The minimum absolute atomic E-state index is 0. The van der Waals surface area contributed by atoms with E-state index in [4.69, 9.17) is 0 Å². The summed E-state index contributed by atoms with van der Waals surface area (Å²) in [4.78, 5) is 0. The van der Waals surface area contributed by atoms with Crippen molar-refractivity contribution in [1.82, 2.24) is 0 Å². The maximum Gasteiger partial charge on any atom is 4.00 e. The first-order valence-corrected chi connectivity index (χ1v) is 14.7. The smallest absolute Gasteiger partial charge is 1.00 e. The van der Waals surface area contributed by atoms with Crippen molar-refractivity contribution in [2.24, 2.45) is 29.6 Å². The Bertz CT molecular complexity index is 1250. The number of aryl methyl sites for hydroxylation is 6. The summed E-state index contributed by atoms with van der Waals surface area (Å²) in [6, 6.07) is 22.1. The maximum atomic E-state index is 2.74. The van der Waals surface area contributed by atoms with E-state index in [2.05, 4.69) is 127 Å². The van der Waals surface area contributed by atoms with Gasteiger partial charge in [-0.2, -0.15) is 12.3 Å². The van der Waals surface area contributed by atoms with Gasteiger partial charge in [0.1, 0.15) is 0 Å². The number of hydrogen-bond acceptors (Lipinski definition) is 0.